The molecule has 0 aliphatic carbocycles. The molecule has 3 aromatic rings. The van der Waals surface area contributed by atoms with Crippen molar-refractivity contribution in [3.05, 3.63) is 72.3 Å². The molecule has 1 aliphatic rings. The number of rotatable bonds is 5. The minimum absolute atomic E-state index is 0.161. The third-order valence-corrected chi connectivity index (χ3v) is 5.89. The Labute approximate surface area is 172 Å². The number of amides is 1. The van der Waals surface area contributed by atoms with E-state index in [1.807, 2.05) is 36.4 Å². The number of phenols is 1. The summed E-state index contributed by atoms with van der Waals surface area (Å²) in [6.45, 7) is -0.434. The number of pyridine rings is 1. The van der Waals surface area contributed by atoms with Crippen LogP contribution < -0.4 is 14.3 Å². The van der Waals surface area contributed by atoms with Gasteiger partial charge in [-0.3, -0.25) is 9.78 Å². The molecule has 1 saturated heterocycles. The van der Waals surface area contributed by atoms with Crippen LogP contribution in [0.2, 0.25) is 0 Å². The van der Waals surface area contributed by atoms with Gasteiger partial charge >= 0.3 is 10.2 Å². The smallest absolute Gasteiger partial charge is 0.326 e. The van der Waals surface area contributed by atoms with Gasteiger partial charge in [0.05, 0.1) is 5.69 Å². The van der Waals surface area contributed by atoms with Gasteiger partial charge < -0.3 is 10.4 Å². The number of anilines is 2. The van der Waals surface area contributed by atoms with E-state index in [4.69, 9.17) is 0 Å². The number of nitrogens with one attached hydrogen (secondary N) is 2. The Hall–Kier alpha value is -3.66. The third-order valence-electron chi connectivity index (χ3n) is 4.51. The lowest BCUT2D eigenvalue weighted by Crippen LogP contribution is -2.30. The van der Waals surface area contributed by atoms with Gasteiger partial charge in [-0.1, -0.05) is 30.3 Å². The fourth-order valence-corrected chi connectivity index (χ4v) is 4.33. The molecule has 30 heavy (non-hydrogen) atoms. The van der Waals surface area contributed by atoms with E-state index in [2.05, 4.69) is 10.3 Å². The molecule has 10 heteroatoms. The average molecular weight is 428 g/mol. The number of hydrogen-bond acceptors (Lipinski definition) is 6. The van der Waals surface area contributed by atoms with Gasteiger partial charge in [-0.2, -0.15) is 8.42 Å². The Morgan fingerprint density at radius 2 is 1.90 bits per heavy atom. The van der Waals surface area contributed by atoms with Crippen LogP contribution in [0.15, 0.2) is 60.9 Å². The van der Waals surface area contributed by atoms with Crippen molar-refractivity contribution in [1.82, 2.24) is 9.71 Å². The van der Waals surface area contributed by atoms with Crippen molar-refractivity contribution in [2.45, 2.75) is 6.54 Å². The summed E-state index contributed by atoms with van der Waals surface area (Å²) in [6.07, 6.45) is 3.34. The van der Waals surface area contributed by atoms with Gasteiger partial charge in [0.25, 0.3) is 5.91 Å². The van der Waals surface area contributed by atoms with Crippen LogP contribution in [0.5, 0.6) is 5.75 Å². The minimum Gasteiger partial charge on any atom is -0.506 e. The summed E-state index contributed by atoms with van der Waals surface area (Å²) in [5.41, 5.74) is 2.41. The highest BCUT2D eigenvalue weighted by Gasteiger charge is 2.37. The van der Waals surface area contributed by atoms with Crippen LogP contribution in [0.25, 0.3) is 11.1 Å². The predicted octanol–water partition coefficient (Wildman–Crippen LogP) is 2.39. The zero-order valence-corrected chi connectivity index (χ0v) is 16.4. The molecule has 0 spiro atoms. The Balaban J connectivity index is 1.54. The molecule has 154 valence electrons. The Morgan fingerprint density at radius 1 is 1.13 bits per heavy atom. The highest BCUT2D eigenvalue weighted by atomic mass is 32.2. The Bertz CT molecular complexity index is 1200. The van der Waals surface area contributed by atoms with E-state index in [1.54, 1.807) is 17.1 Å². The summed E-state index contributed by atoms with van der Waals surface area (Å²) in [5.74, 6) is -2.34. The summed E-state index contributed by atoms with van der Waals surface area (Å²) in [6, 6.07) is 13.9. The minimum atomic E-state index is -4.22. The summed E-state index contributed by atoms with van der Waals surface area (Å²) in [7, 11) is -4.22. The van der Waals surface area contributed by atoms with Gasteiger partial charge in [0.15, 0.2) is 5.82 Å². The van der Waals surface area contributed by atoms with Crippen LogP contribution in [-0.2, 0) is 21.5 Å². The van der Waals surface area contributed by atoms with Gasteiger partial charge in [0.1, 0.15) is 18.0 Å². The first-order chi connectivity index (χ1) is 14.3. The first-order valence-electron chi connectivity index (χ1n) is 8.92. The van der Waals surface area contributed by atoms with E-state index < -0.39 is 39.9 Å². The summed E-state index contributed by atoms with van der Waals surface area (Å²) >= 11 is 0. The SMILES string of the molecule is O=C1CN(c2c(O)cc(CNc3cncc(-c4ccccc4)c3)cc2F)S(=O)(=O)N1. The van der Waals surface area contributed by atoms with Crippen molar-refractivity contribution in [1.29, 1.82) is 0 Å². The normalized spacial score (nSPS) is 15.1. The molecule has 8 nitrogen and oxygen atoms in total. The number of carbonyl (C=O) groups excluding carboxylic acids is 1. The third kappa shape index (κ3) is 3.90. The maximum Gasteiger partial charge on any atom is 0.326 e. The van der Waals surface area contributed by atoms with Crippen LogP contribution in [0, 0.1) is 5.82 Å². The lowest BCUT2D eigenvalue weighted by atomic mass is 10.1. The number of nitrogens with zero attached hydrogens (tertiary/aromatic N) is 2. The van der Waals surface area contributed by atoms with Crippen molar-refractivity contribution in [2.24, 2.45) is 0 Å². The number of aromatic hydroxyl groups is 1. The Kier molecular flexibility index (Phi) is 5.00. The molecular formula is C20H17FN4O4S. The molecular weight excluding hydrogens is 411 g/mol. The maximum absolute atomic E-state index is 14.6. The maximum atomic E-state index is 14.6. The molecule has 1 amide bonds. The molecule has 0 radical (unpaired) electrons. The van der Waals surface area contributed by atoms with E-state index in [1.165, 1.54) is 6.07 Å². The van der Waals surface area contributed by atoms with Crippen molar-refractivity contribution in [3.8, 4) is 16.9 Å². The summed E-state index contributed by atoms with van der Waals surface area (Å²) < 4.78 is 40.7. The topological polar surface area (TPSA) is 112 Å². The van der Waals surface area contributed by atoms with Crippen LogP contribution in [0.3, 0.4) is 0 Å². The quantitative estimate of drug-likeness (QED) is 0.575. The number of benzene rings is 2. The standard InChI is InChI=1S/C20H17FN4O4S/c21-17-6-13(7-18(26)20(17)25-12-19(27)24-30(25,28)29)9-23-16-8-15(10-22-11-16)14-4-2-1-3-5-14/h1-8,10-11,23,26H,9,12H2,(H,24,27). The zero-order valence-electron chi connectivity index (χ0n) is 15.5. The number of carbonyl (C=O) groups is 1. The van der Waals surface area contributed by atoms with Crippen LogP contribution in [0.1, 0.15) is 5.56 Å². The number of aromatic nitrogens is 1. The average Bonchev–Trinajstić information content (AvgIpc) is 2.98. The molecule has 0 saturated carbocycles. The predicted molar refractivity (Wildman–Crippen MR) is 109 cm³/mol. The summed E-state index contributed by atoms with van der Waals surface area (Å²) in [4.78, 5) is 15.6. The lowest BCUT2D eigenvalue weighted by Gasteiger charge is -2.18. The first kappa shape index (κ1) is 19.6. The molecule has 1 aromatic heterocycles. The van der Waals surface area contributed by atoms with Gasteiger partial charge in [0, 0.05) is 24.5 Å². The van der Waals surface area contributed by atoms with E-state index >= 15 is 0 Å². The van der Waals surface area contributed by atoms with Crippen molar-refractivity contribution < 1.29 is 22.7 Å². The fraction of sp³-hybridized carbons (Fsp3) is 0.100. The van der Waals surface area contributed by atoms with Crippen molar-refractivity contribution in [3.63, 3.8) is 0 Å². The van der Waals surface area contributed by atoms with Gasteiger partial charge in [-0.25, -0.2) is 13.4 Å². The van der Waals surface area contributed by atoms with Gasteiger partial charge in [-0.05, 0) is 29.3 Å². The lowest BCUT2D eigenvalue weighted by molar-refractivity contribution is -0.117. The largest absolute Gasteiger partial charge is 0.506 e. The molecule has 1 aliphatic heterocycles. The van der Waals surface area contributed by atoms with E-state index in [0.29, 0.717) is 15.6 Å². The first-order valence-corrected chi connectivity index (χ1v) is 10.4. The number of hydrogen-bond donors (Lipinski definition) is 3. The molecule has 2 aromatic carbocycles. The monoisotopic (exact) mass is 428 g/mol. The van der Waals surface area contributed by atoms with Crippen molar-refractivity contribution >= 4 is 27.5 Å². The molecule has 1 fully saturated rings. The summed E-state index contributed by atoms with van der Waals surface area (Å²) in [5, 5.41) is 13.3. The fourth-order valence-electron chi connectivity index (χ4n) is 3.16. The second-order valence-corrected chi connectivity index (χ2v) is 8.26. The molecule has 4 rings (SSSR count). The zero-order chi connectivity index (χ0) is 21.3. The molecule has 3 N–H and O–H groups in total. The van der Waals surface area contributed by atoms with Gasteiger partial charge in [-0.15, -0.1) is 0 Å². The highest BCUT2D eigenvalue weighted by Crippen LogP contribution is 2.34. The van der Waals surface area contributed by atoms with E-state index in [0.717, 1.165) is 17.2 Å². The number of phenolic OH excluding ortho intramolecular Hbond substituents is 1. The number of halogens is 1. The van der Waals surface area contributed by atoms with E-state index in [-0.39, 0.29) is 6.54 Å². The van der Waals surface area contributed by atoms with Crippen molar-refractivity contribution in [2.75, 3.05) is 16.2 Å². The van der Waals surface area contributed by atoms with Crippen LogP contribution >= 0.6 is 0 Å². The van der Waals surface area contributed by atoms with Crippen LogP contribution in [-0.4, -0.2) is 31.0 Å². The molecule has 0 unspecified atom stereocenters. The van der Waals surface area contributed by atoms with E-state index in [9.17, 15) is 22.7 Å². The van der Waals surface area contributed by atoms with Crippen LogP contribution in [0.4, 0.5) is 15.8 Å². The molecule has 2 heterocycles. The van der Waals surface area contributed by atoms with Gasteiger partial charge in [0.2, 0.25) is 0 Å². The Morgan fingerprint density at radius 3 is 2.57 bits per heavy atom. The highest BCUT2D eigenvalue weighted by molar-refractivity contribution is 7.92. The second kappa shape index (κ2) is 7.64. The molecule has 0 atom stereocenters. The molecule has 0 bridgehead atoms. The second-order valence-electron chi connectivity index (χ2n) is 6.66.